The average molecular weight is 193 g/mol. The normalized spacial score (nSPS) is 25.9. The summed E-state index contributed by atoms with van der Waals surface area (Å²) in [5, 5.41) is 0. The Kier molecular flexibility index (Phi) is 3.77. The number of hydrogen-bond donors (Lipinski definition) is 0. The fourth-order valence-electron chi connectivity index (χ4n) is 1.33. The quantitative estimate of drug-likeness (QED) is 0.642. The van der Waals surface area contributed by atoms with Crippen LogP contribution in [0.25, 0.3) is 0 Å². The van der Waals surface area contributed by atoms with E-state index < -0.39 is 5.60 Å². The third-order valence-electron chi connectivity index (χ3n) is 1.94. The molecule has 1 rings (SSSR count). The summed E-state index contributed by atoms with van der Waals surface area (Å²) in [4.78, 5) is 14.5. The molecule has 0 aromatic rings. The molecule has 0 fully saturated rings. The Morgan fingerprint density at radius 2 is 2.43 bits per heavy atom. The Balaban J connectivity index is 2.77. The Morgan fingerprint density at radius 1 is 1.64 bits per heavy atom. The van der Waals surface area contributed by atoms with Crippen molar-refractivity contribution in [2.75, 3.05) is 6.61 Å². The van der Waals surface area contributed by atoms with Crippen LogP contribution < -0.4 is 0 Å². The first-order valence-corrected chi connectivity index (χ1v) is 4.72. The molecule has 1 amide bonds. The van der Waals surface area contributed by atoms with E-state index in [0.717, 1.165) is 6.42 Å². The molecule has 3 nitrogen and oxygen atoms in total. The first-order chi connectivity index (χ1) is 6.68. The molecule has 0 saturated heterocycles. The number of ether oxygens (including phenoxy) is 1. The molecule has 0 aromatic heterocycles. The lowest BCUT2D eigenvalue weighted by Gasteiger charge is -2.26. The molecule has 1 atom stereocenters. The molecule has 1 unspecified atom stereocenters. The molecule has 1 aliphatic carbocycles. The van der Waals surface area contributed by atoms with Gasteiger partial charge in [-0.1, -0.05) is 18.2 Å². The summed E-state index contributed by atoms with van der Waals surface area (Å²) in [7, 11) is 0. The molecule has 3 heteroatoms. The van der Waals surface area contributed by atoms with Gasteiger partial charge in [0.25, 0.3) is 0 Å². The molecule has 0 saturated carbocycles. The highest BCUT2D eigenvalue weighted by Crippen LogP contribution is 2.20. The maximum atomic E-state index is 10.7. The van der Waals surface area contributed by atoms with Crippen LogP contribution in [0.2, 0.25) is 0 Å². The van der Waals surface area contributed by atoms with Crippen molar-refractivity contribution in [2.24, 2.45) is 4.99 Å². The minimum Gasteiger partial charge on any atom is -0.365 e. The van der Waals surface area contributed by atoms with Gasteiger partial charge in [0.05, 0.1) is 0 Å². The van der Waals surface area contributed by atoms with E-state index in [1.54, 1.807) is 6.21 Å². The number of allylic oxidation sites excluding steroid dienone is 2. The van der Waals surface area contributed by atoms with Crippen LogP contribution in [-0.2, 0) is 9.53 Å². The van der Waals surface area contributed by atoms with Gasteiger partial charge < -0.3 is 4.74 Å². The highest BCUT2D eigenvalue weighted by atomic mass is 16.5. The SMILES string of the molecule is CCOC1(C=NC(C)=O)C=CC=CC1. The third-order valence-corrected chi connectivity index (χ3v) is 1.94. The van der Waals surface area contributed by atoms with Gasteiger partial charge in [-0.2, -0.15) is 0 Å². The van der Waals surface area contributed by atoms with Crippen LogP contribution in [0.5, 0.6) is 0 Å². The lowest BCUT2D eigenvalue weighted by molar-refractivity contribution is -0.115. The van der Waals surface area contributed by atoms with Crippen molar-refractivity contribution in [3.63, 3.8) is 0 Å². The molecule has 0 bridgehead atoms. The molecule has 1 aliphatic rings. The molecular weight excluding hydrogens is 178 g/mol. The Labute approximate surface area is 84.2 Å². The van der Waals surface area contributed by atoms with Crippen LogP contribution in [0.3, 0.4) is 0 Å². The highest BCUT2D eigenvalue weighted by molar-refractivity contribution is 5.87. The van der Waals surface area contributed by atoms with Gasteiger partial charge in [0.1, 0.15) is 5.60 Å². The second-order valence-electron chi connectivity index (χ2n) is 3.16. The predicted octanol–water partition coefficient (Wildman–Crippen LogP) is 1.90. The molecule has 0 spiro atoms. The topological polar surface area (TPSA) is 38.7 Å². The average Bonchev–Trinajstić information content (AvgIpc) is 2.17. The zero-order valence-electron chi connectivity index (χ0n) is 8.56. The van der Waals surface area contributed by atoms with Crippen LogP contribution in [-0.4, -0.2) is 24.3 Å². The van der Waals surface area contributed by atoms with Crippen molar-refractivity contribution >= 4 is 12.1 Å². The molecule has 0 radical (unpaired) electrons. The number of rotatable bonds is 3. The van der Waals surface area contributed by atoms with Crippen molar-refractivity contribution in [2.45, 2.75) is 25.9 Å². The zero-order valence-corrected chi connectivity index (χ0v) is 8.56. The summed E-state index contributed by atoms with van der Waals surface area (Å²) in [5.74, 6) is -0.202. The standard InChI is InChI=1S/C11H15NO2/c1-3-14-11(9-12-10(2)13)7-5-4-6-8-11/h4-7,9H,3,8H2,1-2H3. The summed E-state index contributed by atoms with van der Waals surface area (Å²) < 4.78 is 5.58. The maximum absolute atomic E-state index is 10.7. The fraction of sp³-hybridized carbons (Fsp3) is 0.455. The zero-order chi connectivity index (χ0) is 10.4. The van der Waals surface area contributed by atoms with Gasteiger partial charge in [0, 0.05) is 26.2 Å². The molecule has 0 N–H and O–H groups in total. The van der Waals surface area contributed by atoms with E-state index in [-0.39, 0.29) is 5.91 Å². The van der Waals surface area contributed by atoms with Gasteiger partial charge in [-0.05, 0) is 13.0 Å². The van der Waals surface area contributed by atoms with Gasteiger partial charge in [-0.15, -0.1) is 0 Å². The van der Waals surface area contributed by atoms with E-state index in [4.69, 9.17) is 4.74 Å². The van der Waals surface area contributed by atoms with Crippen LogP contribution >= 0.6 is 0 Å². The lowest BCUT2D eigenvalue weighted by atomic mass is 9.96. The van der Waals surface area contributed by atoms with Gasteiger partial charge in [0.15, 0.2) is 0 Å². The number of amides is 1. The molecule has 76 valence electrons. The van der Waals surface area contributed by atoms with E-state index in [1.165, 1.54) is 6.92 Å². The number of carbonyl (C=O) groups is 1. The van der Waals surface area contributed by atoms with Crippen LogP contribution in [0, 0.1) is 0 Å². The Bertz CT molecular complexity index is 292. The molecular formula is C11H15NO2. The van der Waals surface area contributed by atoms with Crippen molar-refractivity contribution in [1.29, 1.82) is 0 Å². The van der Waals surface area contributed by atoms with E-state index in [0.29, 0.717) is 6.61 Å². The summed E-state index contributed by atoms with van der Waals surface area (Å²) in [6.45, 7) is 3.95. The van der Waals surface area contributed by atoms with Crippen LogP contribution in [0.1, 0.15) is 20.3 Å². The second kappa shape index (κ2) is 4.86. The van der Waals surface area contributed by atoms with Crippen LogP contribution in [0.4, 0.5) is 0 Å². The number of nitrogens with zero attached hydrogens (tertiary/aromatic N) is 1. The number of hydrogen-bond acceptors (Lipinski definition) is 2. The van der Waals surface area contributed by atoms with Crippen molar-refractivity contribution in [3.8, 4) is 0 Å². The fourth-order valence-corrected chi connectivity index (χ4v) is 1.33. The molecule has 0 aromatic carbocycles. The first-order valence-electron chi connectivity index (χ1n) is 4.72. The lowest BCUT2D eigenvalue weighted by Crippen LogP contribution is -2.33. The number of aliphatic imine (C=N–C) groups is 1. The van der Waals surface area contributed by atoms with Gasteiger partial charge in [-0.25, -0.2) is 4.99 Å². The second-order valence-corrected chi connectivity index (χ2v) is 3.16. The van der Waals surface area contributed by atoms with Crippen LogP contribution in [0.15, 0.2) is 29.3 Å². The molecule has 0 aliphatic heterocycles. The van der Waals surface area contributed by atoms with E-state index in [2.05, 4.69) is 4.99 Å². The monoisotopic (exact) mass is 193 g/mol. The van der Waals surface area contributed by atoms with Crippen molar-refractivity contribution in [3.05, 3.63) is 24.3 Å². The Hall–Kier alpha value is -1.22. The predicted molar refractivity (Wildman–Crippen MR) is 56.4 cm³/mol. The first kappa shape index (κ1) is 10.9. The van der Waals surface area contributed by atoms with E-state index in [1.807, 2.05) is 31.2 Å². The largest absolute Gasteiger partial charge is 0.365 e. The van der Waals surface area contributed by atoms with E-state index in [9.17, 15) is 4.79 Å². The summed E-state index contributed by atoms with van der Waals surface area (Å²) in [5.41, 5.74) is -0.519. The minimum atomic E-state index is -0.519. The maximum Gasteiger partial charge on any atom is 0.242 e. The van der Waals surface area contributed by atoms with Gasteiger partial charge in [0.2, 0.25) is 5.91 Å². The smallest absolute Gasteiger partial charge is 0.242 e. The summed E-state index contributed by atoms with van der Waals surface area (Å²) in [6.07, 6.45) is 10.1. The number of carbonyl (C=O) groups excluding carboxylic acids is 1. The van der Waals surface area contributed by atoms with Gasteiger partial charge in [-0.3, -0.25) is 4.79 Å². The van der Waals surface area contributed by atoms with Gasteiger partial charge >= 0.3 is 0 Å². The van der Waals surface area contributed by atoms with E-state index >= 15 is 0 Å². The minimum absolute atomic E-state index is 0.202. The molecule has 0 heterocycles. The van der Waals surface area contributed by atoms with Crippen molar-refractivity contribution in [1.82, 2.24) is 0 Å². The third kappa shape index (κ3) is 2.92. The van der Waals surface area contributed by atoms with Crippen molar-refractivity contribution < 1.29 is 9.53 Å². The highest BCUT2D eigenvalue weighted by Gasteiger charge is 2.25. The summed E-state index contributed by atoms with van der Waals surface area (Å²) in [6, 6.07) is 0. The Morgan fingerprint density at radius 3 is 2.93 bits per heavy atom. The summed E-state index contributed by atoms with van der Waals surface area (Å²) >= 11 is 0. The molecule has 14 heavy (non-hydrogen) atoms.